The van der Waals surface area contributed by atoms with E-state index in [-0.39, 0.29) is 18.4 Å². The second-order valence-corrected chi connectivity index (χ2v) is 7.53. The molecule has 0 bridgehead atoms. The molecular formula is C24H23N3O3S. The summed E-state index contributed by atoms with van der Waals surface area (Å²) in [6, 6.07) is 26.3. The largest absolute Gasteiger partial charge is 0.484 e. The topological polar surface area (TPSA) is 79.8 Å². The molecule has 7 heteroatoms. The monoisotopic (exact) mass is 433 g/mol. The van der Waals surface area contributed by atoms with Gasteiger partial charge in [0.1, 0.15) is 5.75 Å². The Kier molecular flexibility index (Phi) is 8.70. The van der Waals surface area contributed by atoms with Gasteiger partial charge in [-0.2, -0.15) is 5.10 Å². The summed E-state index contributed by atoms with van der Waals surface area (Å²) in [6.45, 7) is -0.0843. The Morgan fingerprint density at radius 3 is 2.26 bits per heavy atom. The van der Waals surface area contributed by atoms with E-state index in [0.717, 1.165) is 17.0 Å². The summed E-state index contributed by atoms with van der Waals surface area (Å²) in [7, 11) is 0. The first kappa shape index (κ1) is 22.1. The van der Waals surface area contributed by atoms with Crippen molar-refractivity contribution in [3.8, 4) is 5.75 Å². The lowest BCUT2D eigenvalue weighted by molar-refractivity contribution is -0.119. The molecule has 0 saturated carbocycles. The summed E-state index contributed by atoms with van der Waals surface area (Å²) in [6.07, 6.45) is 1.56. The Balaban J connectivity index is 1.35. The van der Waals surface area contributed by atoms with Crippen LogP contribution in [0.2, 0.25) is 0 Å². The van der Waals surface area contributed by atoms with Gasteiger partial charge >= 0.3 is 0 Å². The van der Waals surface area contributed by atoms with Crippen LogP contribution >= 0.6 is 11.8 Å². The van der Waals surface area contributed by atoms with Crippen molar-refractivity contribution in [2.24, 2.45) is 5.10 Å². The summed E-state index contributed by atoms with van der Waals surface area (Å²) in [4.78, 5) is 23.8. The van der Waals surface area contributed by atoms with E-state index in [0.29, 0.717) is 11.5 Å². The maximum atomic E-state index is 11.9. The zero-order valence-corrected chi connectivity index (χ0v) is 17.7. The van der Waals surface area contributed by atoms with Gasteiger partial charge < -0.3 is 10.1 Å². The van der Waals surface area contributed by atoms with E-state index in [2.05, 4.69) is 15.8 Å². The Bertz CT molecular complexity index is 994. The highest BCUT2D eigenvalue weighted by molar-refractivity contribution is 7.99. The lowest BCUT2D eigenvalue weighted by atomic mass is 10.2. The molecule has 3 aromatic carbocycles. The van der Waals surface area contributed by atoms with Crippen LogP contribution < -0.4 is 15.5 Å². The Morgan fingerprint density at radius 2 is 1.55 bits per heavy atom. The molecule has 31 heavy (non-hydrogen) atoms. The molecule has 6 nitrogen and oxygen atoms in total. The van der Waals surface area contributed by atoms with Crippen molar-refractivity contribution in [1.29, 1.82) is 0 Å². The van der Waals surface area contributed by atoms with Crippen molar-refractivity contribution in [1.82, 2.24) is 5.43 Å². The molecule has 0 radical (unpaired) electrons. The highest BCUT2D eigenvalue weighted by Gasteiger charge is 2.04. The van der Waals surface area contributed by atoms with Gasteiger partial charge in [-0.15, -0.1) is 11.8 Å². The summed E-state index contributed by atoms with van der Waals surface area (Å²) >= 11 is 1.54. The minimum Gasteiger partial charge on any atom is -0.484 e. The quantitative estimate of drug-likeness (QED) is 0.373. The lowest BCUT2D eigenvalue weighted by Crippen LogP contribution is -2.20. The number of nitrogens with zero attached hydrogens (tertiary/aromatic N) is 1. The first-order valence-electron chi connectivity index (χ1n) is 9.70. The standard InChI is InChI=1S/C24H23N3O3S/c28-23(26-21-9-5-2-6-10-21)16-30-22-13-11-19(12-14-22)15-25-27-24(29)18-31-17-20-7-3-1-4-8-20/h1-15H,16-18H2,(H,26,28)(H,27,29)/b25-15-. The van der Waals surface area contributed by atoms with E-state index >= 15 is 0 Å². The van der Waals surface area contributed by atoms with E-state index in [1.54, 1.807) is 30.5 Å². The van der Waals surface area contributed by atoms with Gasteiger partial charge in [0.2, 0.25) is 5.91 Å². The van der Waals surface area contributed by atoms with Crippen LogP contribution in [0.4, 0.5) is 5.69 Å². The average molecular weight is 434 g/mol. The molecule has 0 aliphatic rings. The molecule has 0 aliphatic heterocycles. The molecule has 158 valence electrons. The fourth-order valence-corrected chi connectivity index (χ4v) is 3.34. The van der Waals surface area contributed by atoms with Crippen molar-refractivity contribution in [3.05, 3.63) is 96.1 Å². The molecule has 0 spiro atoms. The molecule has 3 aromatic rings. The van der Waals surface area contributed by atoms with Crippen LogP contribution in [0.5, 0.6) is 5.75 Å². The minimum absolute atomic E-state index is 0.0843. The zero-order valence-electron chi connectivity index (χ0n) is 16.9. The molecule has 0 atom stereocenters. The van der Waals surface area contributed by atoms with Gasteiger partial charge in [0.05, 0.1) is 12.0 Å². The molecule has 0 aromatic heterocycles. The second-order valence-electron chi connectivity index (χ2n) is 6.54. The number of rotatable bonds is 10. The second kappa shape index (κ2) is 12.2. The van der Waals surface area contributed by atoms with Gasteiger partial charge in [0.15, 0.2) is 6.61 Å². The number of carbonyl (C=O) groups excluding carboxylic acids is 2. The first-order chi connectivity index (χ1) is 15.2. The molecule has 0 fully saturated rings. The van der Waals surface area contributed by atoms with Gasteiger partial charge in [-0.3, -0.25) is 9.59 Å². The molecule has 2 N–H and O–H groups in total. The average Bonchev–Trinajstić information content (AvgIpc) is 2.80. The van der Waals surface area contributed by atoms with Crippen LogP contribution in [0.3, 0.4) is 0 Å². The summed E-state index contributed by atoms with van der Waals surface area (Å²) < 4.78 is 5.49. The summed E-state index contributed by atoms with van der Waals surface area (Å²) in [5.41, 5.74) is 5.23. The number of carbonyl (C=O) groups is 2. The van der Waals surface area contributed by atoms with Gasteiger partial charge in [-0.25, -0.2) is 5.43 Å². The van der Waals surface area contributed by atoms with E-state index in [1.165, 1.54) is 17.3 Å². The van der Waals surface area contributed by atoms with Gasteiger partial charge in [-0.1, -0.05) is 48.5 Å². The fraction of sp³-hybridized carbons (Fsp3) is 0.125. The van der Waals surface area contributed by atoms with Gasteiger partial charge in [0.25, 0.3) is 5.91 Å². The van der Waals surface area contributed by atoms with Crippen molar-refractivity contribution in [2.75, 3.05) is 17.7 Å². The maximum Gasteiger partial charge on any atom is 0.262 e. The minimum atomic E-state index is -0.232. The first-order valence-corrected chi connectivity index (χ1v) is 10.9. The zero-order chi connectivity index (χ0) is 21.7. The number of hydrogen-bond acceptors (Lipinski definition) is 5. The van der Waals surface area contributed by atoms with Gasteiger partial charge in [0, 0.05) is 11.4 Å². The Labute approximate surface area is 185 Å². The predicted molar refractivity (Wildman–Crippen MR) is 125 cm³/mol. The summed E-state index contributed by atoms with van der Waals surface area (Å²) in [5, 5.41) is 6.73. The van der Waals surface area contributed by atoms with E-state index in [4.69, 9.17) is 4.74 Å². The van der Waals surface area contributed by atoms with Crippen LogP contribution in [-0.2, 0) is 15.3 Å². The highest BCUT2D eigenvalue weighted by atomic mass is 32.2. The van der Waals surface area contributed by atoms with Crippen molar-refractivity contribution in [2.45, 2.75) is 5.75 Å². The number of hydrogen-bond donors (Lipinski definition) is 2. The molecule has 0 aliphatic carbocycles. The van der Waals surface area contributed by atoms with Crippen LogP contribution in [0.1, 0.15) is 11.1 Å². The predicted octanol–water partition coefficient (Wildman–Crippen LogP) is 4.09. The van der Waals surface area contributed by atoms with E-state index in [9.17, 15) is 9.59 Å². The number of amides is 2. The number of nitrogens with one attached hydrogen (secondary N) is 2. The molecule has 0 saturated heterocycles. The number of para-hydroxylation sites is 1. The number of hydrazone groups is 1. The number of thioether (sulfide) groups is 1. The SMILES string of the molecule is O=C(CSCc1ccccc1)N/N=C\c1ccc(OCC(=O)Nc2ccccc2)cc1. The molecule has 2 amide bonds. The molecule has 3 rings (SSSR count). The van der Waals surface area contributed by atoms with Crippen LogP contribution in [0.25, 0.3) is 0 Å². The Morgan fingerprint density at radius 1 is 0.871 bits per heavy atom. The molecule has 0 unspecified atom stereocenters. The highest BCUT2D eigenvalue weighted by Crippen LogP contribution is 2.12. The molecule has 0 heterocycles. The number of anilines is 1. The van der Waals surface area contributed by atoms with Crippen LogP contribution in [0, 0.1) is 0 Å². The number of ether oxygens (including phenoxy) is 1. The van der Waals surface area contributed by atoms with Gasteiger partial charge in [-0.05, 0) is 47.5 Å². The van der Waals surface area contributed by atoms with Crippen molar-refractivity contribution >= 4 is 35.5 Å². The molecular weight excluding hydrogens is 410 g/mol. The van der Waals surface area contributed by atoms with Crippen LogP contribution in [-0.4, -0.2) is 30.4 Å². The fourth-order valence-electron chi connectivity index (χ4n) is 2.56. The smallest absolute Gasteiger partial charge is 0.262 e. The van der Waals surface area contributed by atoms with Crippen molar-refractivity contribution < 1.29 is 14.3 Å². The maximum absolute atomic E-state index is 11.9. The third-order valence-corrected chi connectivity index (χ3v) is 5.06. The van der Waals surface area contributed by atoms with Crippen LogP contribution in [0.15, 0.2) is 90.0 Å². The Hall–Kier alpha value is -3.58. The van der Waals surface area contributed by atoms with E-state index < -0.39 is 0 Å². The lowest BCUT2D eigenvalue weighted by Gasteiger charge is -2.07. The third kappa shape index (κ3) is 8.36. The van der Waals surface area contributed by atoms with E-state index in [1.807, 2.05) is 60.7 Å². The summed E-state index contributed by atoms with van der Waals surface area (Å²) in [5.74, 6) is 1.31. The third-order valence-electron chi connectivity index (χ3n) is 4.06. The number of benzene rings is 3. The normalized spacial score (nSPS) is 10.6. The van der Waals surface area contributed by atoms with Crippen molar-refractivity contribution in [3.63, 3.8) is 0 Å².